The third-order valence-electron chi connectivity index (χ3n) is 2.99. The summed E-state index contributed by atoms with van der Waals surface area (Å²) in [5.41, 5.74) is 0.845. The van der Waals surface area contributed by atoms with Crippen LogP contribution in [0.4, 0.5) is 4.39 Å². The molecule has 2 aromatic carbocycles. The maximum Gasteiger partial charge on any atom is 0.342 e. The van der Waals surface area contributed by atoms with E-state index in [1.54, 1.807) is 13.8 Å². The molecule has 0 saturated heterocycles. The van der Waals surface area contributed by atoms with E-state index in [1.807, 2.05) is 6.07 Å². The summed E-state index contributed by atoms with van der Waals surface area (Å²) in [5, 5.41) is 8.98. The van der Waals surface area contributed by atoms with E-state index in [-0.39, 0.29) is 28.1 Å². The minimum absolute atomic E-state index is 0.0690. The lowest BCUT2D eigenvalue weighted by Crippen LogP contribution is -2.13. The molecule has 0 aliphatic heterocycles. The molecule has 0 heterocycles. The molecule has 0 spiro atoms. The van der Waals surface area contributed by atoms with Crippen molar-refractivity contribution in [2.75, 3.05) is 6.61 Å². The van der Waals surface area contributed by atoms with E-state index >= 15 is 0 Å². The molecule has 0 unspecified atom stereocenters. The first-order chi connectivity index (χ1) is 11.3. The maximum atomic E-state index is 14.0. The monoisotopic (exact) mass is 413 g/mol. The third kappa shape index (κ3) is 3.86. The second-order valence-electron chi connectivity index (χ2n) is 4.80. The predicted octanol–water partition coefficient (Wildman–Crippen LogP) is 3.93. The van der Waals surface area contributed by atoms with Gasteiger partial charge in [0.2, 0.25) is 0 Å². The average Bonchev–Trinajstić information content (AvgIpc) is 2.50. The van der Waals surface area contributed by atoms with Crippen molar-refractivity contribution in [1.82, 2.24) is 0 Å². The van der Waals surface area contributed by atoms with Crippen molar-refractivity contribution in [3.05, 3.63) is 51.7 Å². The van der Waals surface area contributed by atoms with E-state index in [1.165, 1.54) is 18.2 Å². The summed E-state index contributed by atoms with van der Waals surface area (Å²) < 4.78 is 49.4. The number of hydrogen-bond acceptors (Lipinski definition) is 5. The van der Waals surface area contributed by atoms with Gasteiger partial charge in [0.25, 0.3) is 0 Å². The second kappa shape index (κ2) is 7.20. The summed E-state index contributed by atoms with van der Waals surface area (Å²) in [4.78, 5) is -0.577. The summed E-state index contributed by atoms with van der Waals surface area (Å²) >= 11 is 3.15. The van der Waals surface area contributed by atoms with Crippen molar-refractivity contribution in [2.45, 2.75) is 18.7 Å². The van der Waals surface area contributed by atoms with Crippen LogP contribution in [0.1, 0.15) is 18.1 Å². The Bertz CT molecular complexity index is 922. The van der Waals surface area contributed by atoms with Gasteiger partial charge in [0, 0.05) is 6.07 Å². The fraction of sp³-hybridized carbons (Fsp3) is 0.188. The van der Waals surface area contributed by atoms with Gasteiger partial charge in [0.05, 0.1) is 22.7 Å². The van der Waals surface area contributed by atoms with Crippen LogP contribution < -0.4 is 8.92 Å². The molecule has 2 rings (SSSR count). The van der Waals surface area contributed by atoms with Crippen LogP contribution in [0.5, 0.6) is 11.5 Å². The standard InChI is InChI=1S/C16H13BrFNO4S/c1-3-22-14-8-11(9-19)7-12(17)16(14)23-24(20,21)15-5-4-10(2)6-13(15)18/h4-8H,3H2,1-2H3. The molecular weight excluding hydrogens is 401 g/mol. The highest BCUT2D eigenvalue weighted by molar-refractivity contribution is 9.10. The number of aryl methyl sites for hydroxylation is 1. The molecule has 0 aliphatic carbocycles. The van der Waals surface area contributed by atoms with E-state index in [4.69, 9.17) is 14.2 Å². The van der Waals surface area contributed by atoms with E-state index in [0.29, 0.717) is 5.56 Å². The van der Waals surface area contributed by atoms with Gasteiger partial charge in [-0.1, -0.05) is 6.07 Å². The van der Waals surface area contributed by atoms with Crippen molar-refractivity contribution >= 4 is 26.0 Å². The number of rotatable bonds is 5. The Kier molecular flexibility index (Phi) is 5.47. The van der Waals surface area contributed by atoms with Crippen molar-refractivity contribution in [3.8, 4) is 17.6 Å². The zero-order valence-corrected chi connectivity index (χ0v) is 15.2. The summed E-state index contributed by atoms with van der Waals surface area (Å²) in [6.45, 7) is 3.58. The molecule has 0 N–H and O–H groups in total. The van der Waals surface area contributed by atoms with Crippen LogP contribution in [0.25, 0.3) is 0 Å². The Morgan fingerprint density at radius 1 is 1.29 bits per heavy atom. The molecule has 5 nitrogen and oxygen atoms in total. The van der Waals surface area contributed by atoms with E-state index in [2.05, 4.69) is 15.9 Å². The van der Waals surface area contributed by atoms with Crippen LogP contribution in [0, 0.1) is 24.1 Å². The minimum Gasteiger partial charge on any atom is -0.490 e. The molecule has 0 aromatic heterocycles. The van der Waals surface area contributed by atoms with Gasteiger partial charge in [-0.05, 0) is 53.5 Å². The number of benzene rings is 2. The molecule has 0 amide bonds. The molecule has 24 heavy (non-hydrogen) atoms. The first-order valence-corrected chi connectivity index (χ1v) is 9.05. The molecule has 8 heteroatoms. The summed E-state index contributed by atoms with van der Waals surface area (Å²) in [6, 6.07) is 8.38. The van der Waals surface area contributed by atoms with Crippen LogP contribution in [0.2, 0.25) is 0 Å². The lowest BCUT2D eigenvalue weighted by Gasteiger charge is -2.14. The summed E-state index contributed by atoms with van der Waals surface area (Å²) in [5.74, 6) is -0.979. The number of nitrogens with zero attached hydrogens (tertiary/aromatic N) is 1. The fourth-order valence-corrected chi connectivity index (χ4v) is 3.58. The van der Waals surface area contributed by atoms with E-state index in [0.717, 1.165) is 12.1 Å². The zero-order chi connectivity index (χ0) is 17.9. The lowest BCUT2D eigenvalue weighted by molar-refractivity contribution is 0.326. The Labute approximate surface area is 147 Å². The fourth-order valence-electron chi connectivity index (χ4n) is 1.94. The molecular formula is C16H13BrFNO4S. The Balaban J connectivity index is 2.51. The van der Waals surface area contributed by atoms with Gasteiger partial charge >= 0.3 is 10.1 Å². The van der Waals surface area contributed by atoms with Gasteiger partial charge in [0.15, 0.2) is 11.5 Å². The van der Waals surface area contributed by atoms with Gasteiger partial charge < -0.3 is 8.92 Å². The van der Waals surface area contributed by atoms with Crippen molar-refractivity contribution in [2.24, 2.45) is 0 Å². The molecule has 0 bridgehead atoms. The quantitative estimate of drug-likeness (QED) is 0.693. The highest BCUT2D eigenvalue weighted by atomic mass is 79.9. The summed E-state index contributed by atoms with van der Waals surface area (Å²) in [6.07, 6.45) is 0. The maximum absolute atomic E-state index is 14.0. The topological polar surface area (TPSA) is 76.4 Å². The van der Waals surface area contributed by atoms with Crippen molar-refractivity contribution in [3.63, 3.8) is 0 Å². The normalized spacial score (nSPS) is 11.0. The number of halogens is 2. The molecule has 0 atom stereocenters. The molecule has 0 fully saturated rings. The zero-order valence-electron chi connectivity index (χ0n) is 12.8. The van der Waals surface area contributed by atoms with Crippen molar-refractivity contribution in [1.29, 1.82) is 5.26 Å². The van der Waals surface area contributed by atoms with Gasteiger partial charge in [-0.25, -0.2) is 4.39 Å². The SMILES string of the molecule is CCOc1cc(C#N)cc(Br)c1OS(=O)(=O)c1ccc(C)cc1F. The Morgan fingerprint density at radius 3 is 2.58 bits per heavy atom. The Morgan fingerprint density at radius 2 is 2.00 bits per heavy atom. The van der Waals surface area contributed by atoms with E-state index in [9.17, 15) is 12.8 Å². The van der Waals surface area contributed by atoms with E-state index < -0.39 is 20.8 Å². The minimum atomic E-state index is -4.41. The number of nitriles is 1. The molecule has 2 aromatic rings. The van der Waals surface area contributed by atoms with Crippen LogP contribution in [0.3, 0.4) is 0 Å². The van der Waals surface area contributed by atoms with Crippen molar-refractivity contribution < 1.29 is 21.7 Å². The van der Waals surface area contributed by atoms with Gasteiger partial charge in [-0.3, -0.25) is 0 Å². The first-order valence-electron chi connectivity index (χ1n) is 6.85. The van der Waals surface area contributed by atoms with Gasteiger partial charge in [-0.15, -0.1) is 0 Å². The summed E-state index contributed by atoms with van der Waals surface area (Å²) in [7, 11) is -4.41. The molecule has 0 aliphatic rings. The Hall–Kier alpha value is -2.11. The van der Waals surface area contributed by atoms with Gasteiger partial charge in [-0.2, -0.15) is 13.7 Å². The number of ether oxygens (including phenoxy) is 1. The van der Waals surface area contributed by atoms with Gasteiger partial charge in [0.1, 0.15) is 10.7 Å². The second-order valence-corrected chi connectivity index (χ2v) is 7.17. The van der Waals surface area contributed by atoms with Crippen LogP contribution >= 0.6 is 15.9 Å². The lowest BCUT2D eigenvalue weighted by atomic mass is 10.2. The molecule has 126 valence electrons. The highest BCUT2D eigenvalue weighted by Crippen LogP contribution is 2.38. The van der Waals surface area contributed by atoms with Crippen LogP contribution in [-0.4, -0.2) is 15.0 Å². The highest BCUT2D eigenvalue weighted by Gasteiger charge is 2.25. The molecule has 0 radical (unpaired) electrons. The van der Waals surface area contributed by atoms with Crippen LogP contribution in [-0.2, 0) is 10.1 Å². The predicted molar refractivity (Wildman–Crippen MR) is 89.0 cm³/mol. The smallest absolute Gasteiger partial charge is 0.342 e. The van der Waals surface area contributed by atoms with Crippen LogP contribution in [0.15, 0.2) is 39.7 Å². The third-order valence-corrected chi connectivity index (χ3v) is 4.83. The molecule has 0 saturated carbocycles. The average molecular weight is 414 g/mol. The first kappa shape index (κ1) is 18.2. The largest absolute Gasteiger partial charge is 0.490 e. The number of hydrogen-bond donors (Lipinski definition) is 0.